The predicted molar refractivity (Wildman–Crippen MR) is 112 cm³/mol. The Balaban J connectivity index is 1.85. The Morgan fingerprint density at radius 2 is 2.03 bits per heavy atom. The summed E-state index contributed by atoms with van der Waals surface area (Å²) in [5.74, 6) is -1.14. The SMILES string of the molecule is CC(O)[C@H](NC(=O)N[C@@H](Cc1c[nH]c2ccccc12)c1nc([C@@H](N)CCO)no1)C(=O)O. The predicted octanol–water partition coefficient (Wildman–Crippen LogP) is 0.350. The molecule has 2 aromatic heterocycles. The first-order chi connectivity index (χ1) is 15.3. The van der Waals surface area contributed by atoms with E-state index < -0.39 is 36.2 Å². The number of hydrogen-bond acceptors (Lipinski definition) is 8. The number of fused-ring (bicyclic) bond motifs is 1. The van der Waals surface area contributed by atoms with Gasteiger partial charge in [0.1, 0.15) is 6.04 Å². The highest BCUT2D eigenvalue weighted by atomic mass is 16.5. The molecule has 2 heterocycles. The summed E-state index contributed by atoms with van der Waals surface area (Å²) in [7, 11) is 0. The molecule has 0 spiro atoms. The molecular weight excluding hydrogens is 420 g/mol. The Kier molecular flexibility index (Phi) is 7.41. The van der Waals surface area contributed by atoms with Crippen molar-refractivity contribution in [2.75, 3.05) is 6.61 Å². The number of nitrogens with one attached hydrogen (secondary N) is 3. The van der Waals surface area contributed by atoms with E-state index in [1.807, 2.05) is 24.3 Å². The number of carbonyl (C=O) groups is 2. The number of nitrogens with two attached hydrogens (primary N) is 1. The first kappa shape index (κ1) is 23.2. The largest absolute Gasteiger partial charge is 0.480 e. The molecule has 4 atom stereocenters. The molecule has 0 saturated heterocycles. The molecule has 0 bridgehead atoms. The number of H-pyrrole nitrogens is 1. The van der Waals surface area contributed by atoms with Gasteiger partial charge < -0.3 is 41.2 Å². The van der Waals surface area contributed by atoms with Gasteiger partial charge in [-0.05, 0) is 25.0 Å². The van der Waals surface area contributed by atoms with Gasteiger partial charge in [-0.3, -0.25) is 0 Å². The topological polar surface area (TPSA) is 200 Å². The van der Waals surface area contributed by atoms with Crippen molar-refractivity contribution in [3.05, 3.63) is 47.7 Å². The van der Waals surface area contributed by atoms with Crippen LogP contribution in [-0.4, -0.2) is 61.2 Å². The molecule has 0 radical (unpaired) electrons. The van der Waals surface area contributed by atoms with Gasteiger partial charge >= 0.3 is 12.0 Å². The number of benzene rings is 1. The Morgan fingerprint density at radius 3 is 2.72 bits per heavy atom. The summed E-state index contributed by atoms with van der Waals surface area (Å²) in [6.07, 6.45) is 0.967. The van der Waals surface area contributed by atoms with Gasteiger partial charge in [-0.2, -0.15) is 4.98 Å². The first-order valence-electron chi connectivity index (χ1n) is 10.0. The quantitative estimate of drug-likeness (QED) is 0.229. The number of carboxylic acids is 1. The first-order valence-corrected chi connectivity index (χ1v) is 10.0. The third-order valence-electron chi connectivity index (χ3n) is 4.97. The number of urea groups is 1. The van der Waals surface area contributed by atoms with Crippen LogP contribution < -0.4 is 16.4 Å². The van der Waals surface area contributed by atoms with Gasteiger partial charge in [0.25, 0.3) is 0 Å². The summed E-state index contributed by atoms with van der Waals surface area (Å²) >= 11 is 0. The van der Waals surface area contributed by atoms with Crippen LogP contribution in [0.4, 0.5) is 4.79 Å². The molecule has 0 aliphatic rings. The number of para-hydroxylation sites is 1. The number of carbonyl (C=O) groups excluding carboxylic acids is 1. The second-order valence-electron chi connectivity index (χ2n) is 7.40. The fourth-order valence-corrected chi connectivity index (χ4v) is 3.26. The maximum atomic E-state index is 12.5. The molecule has 0 aliphatic carbocycles. The number of aromatic amines is 1. The third-order valence-corrected chi connectivity index (χ3v) is 4.97. The number of aliphatic hydroxyl groups is 2. The zero-order valence-corrected chi connectivity index (χ0v) is 17.4. The van der Waals surface area contributed by atoms with Crippen LogP contribution in [-0.2, 0) is 11.2 Å². The Morgan fingerprint density at radius 1 is 1.28 bits per heavy atom. The van der Waals surface area contributed by atoms with Gasteiger partial charge in [0.2, 0.25) is 5.89 Å². The van der Waals surface area contributed by atoms with E-state index in [4.69, 9.17) is 15.4 Å². The summed E-state index contributed by atoms with van der Waals surface area (Å²) in [6, 6.07) is 3.80. The lowest BCUT2D eigenvalue weighted by molar-refractivity contribution is -0.141. The number of hydrogen-bond donors (Lipinski definition) is 7. The van der Waals surface area contributed by atoms with E-state index in [0.29, 0.717) is 0 Å². The number of carboxylic acid groups (broad SMARTS) is 1. The van der Waals surface area contributed by atoms with Crippen molar-refractivity contribution >= 4 is 22.9 Å². The Bertz CT molecular complexity index is 1060. The number of aliphatic carboxylic acids is 1. The van der Waals surface area contributed by atoms with E-state index in [1.165, 1.54) is 6.92 Å². The van der Waals surface area contributed by atoms with E-state index in [1.54, 1.807) is 6.20 Å². The zero-order chi connectivity index (χ0) is 23.3. The molecule has 32 heavy (non-hydrogen) atoms. The van der Waals surface area contributed by atoms with E-state index in [2.05, 4.69) is 25.8 Å². The molecule has 12 heteroatoms. The third kappa shape index (κ3) is 5.41. The normalized spacial score (nSPS) is 15.1. The highest BCUT2D eigenvalue weighted by molar-refractivity contribution is 5.84. The van der Waals surface area contributed by atoms with E-state index in [-0.39, 0.29) is 31.2 Å². The minimum absolute atomic E-state index is 0.0674. The summed E-state index contributed by atoms with van der Waals surface area (Å²) in [5, 5.41) is 37.5. The van der Waals surface area contributed by atoms with Crippen LogP contribution in [0.25, 0.3) is 10.9 Å². The highest BCUT2D eigenvalue weighted by Crippen LogP contribution is 2.24. The number of aliphatic hydroxyl groups excluding tert-OH is 2. The lowest BCUT2D eigenvalue weighted by atomic mass is 10.0. The summed E-state index contributed by atoms with van der Waals surface area (Å²) in [4.78, 5) is 31.2. The van der Waals surface area contributed by atoms with Gasteiger partial charge in [0.05, 0.1) is 12.1 Å². The van der Waals surface area contributed by atoms with Crippen molar-refractivity contribution in [2.24, 2.45) is 5.73 Å². The van der Waals surface area contributed by atoms with Crippen molar-refractivity contribution in [1.82, 2.24) is 25.8 Å². The molecule has 12 nitrogen and oxygen atoms in total. The van der Waals surface area contributed by atoms with Crippen LogP contribution >= 0.6 is 0 Å². The van der Waals surface area contributed by atoms with Crippen LogP contribution in [0.3, 0.4) is 0 Å². The molecule has 1 aromatic carbocycles. The number of aromatic nitrogens is 3. The minimum Gasteiger partial charge on any atom is -0.480 e. The monoisotopic (exact) mass is 446 g/mol. The zero-order valence-electron chi connectivity index (χ0n) is 17.4. The lowest BCUT2D eigenvalue weighted by Crippen LogP contribution is -2.51. The van der Waals surface area contributed by atoms with Crippen molar-refractivity contribution in [3.63, 3.8) is 0 Å². The maximum absolute atomic E-state index is 12.5. The molecule has 172 valence electrons. The molecule has 8 N–H and O–H groups in total. The molecule has 0 fully saturated rings. The lowest BCUT2D eigenvalue weighted by Gasteiger charge is -2.20. The van der Waals surface area contributed by atoms with Gasteiger partial charge in [0, 0.05) is 30.1 Å². The summed E-state index contributed by atoms with van der Waals surface area (Å²) < 4.78 is 5.31. The van der Waals surface area contributed by atoms with Crippen LogP contribution in [0, 0.1) is 0 Å². The van der Waals surface area contributed by atoms with E-state index >= 15 is 0 Å². The average Bonchev–Trinajstić information content (AvgIpc) is 3.39. The standard InChI is InChI=1S/C20H26N6O6/c1-10(28)16(19(29)30)24-20(31)23-15(18-25-17(26-32-18)13(21)6-7-27)8-11-9-22-14-5-3-2-4-12(11)14/h2-5,9-10,13,15-16,22,27-28H,6-8,21H2,1H3,(H,29,30)(H2,23,24,31)/t10?,13-,15-,16-/m0/s1. The second kappa shape index (κ2) is 10.2. The second-order valence-corrected chi connectivity index (χ2v) is 7.40. The van der Waals surface area contributed by atoms with Crippen LogP contribution in [0.5, 0.6) is 0 Å². The number of rotatable bonds is 10. The van der Waals surface area contributed by atoms with Crippen molar-refractivity contribution in [3.8, 4) is 0 Å². The average molecular weight is 446 g/mol. The number of amides is 2. The minimum atomic E-state index is -1.50. The maximum Gasteiger partial charge on any atom is 0.328 e. The van der Waals surface area contributed by atoms with Gasteiger partial charge in [-0.15, -0.1) is 0 Å². The van der Waals surface area contributed by atoms with Gasteiger partial charge in [0.15, 0.2) is 11.9 Å². The number of nitrogens with zero attached hydrogens (tertiary/aromatic N) is 2. The fraction of sp³-hybridized carbons (Fsp3) is 0.400. The molecule has 1 unspecified atom stereocenters. The summed E-state index contributed by atoms with van der Waals surface area (Å²) in [6.45, 7) is 1.11. The van der Waals surface area contributed by atoms with E-state index in [9.17, 15) is 19.8 Å². The van der Waals surface area contributed by atoms with Crippen LogP contribution in [0.2, 0.25) is 0 Å². The smallest absolute Gasteiger partial charge is 0.328 e. The van der Waals surface area contributed by atoms with Gasteiger partial charge in [-0.25, -0.2) is 9.59 Å². The van der Waals surface area contributed by atoms with Crippen molar-refractivity contribution in [2.45, 2.75) is 44.0 Å². The Labute approximate surface area is 182 Å². The van der Waals surface area contributed by atoms with Crippen molar-refractivity contribution in [1.29, 1.82) is 0 Å². The van der Waals surface area contributed by atoms with Crippen LogP contribution in [0.15, 0.2) is 35.0 Å². The Hall–Kier alpha value is -3.48. The fourth-order valence-electron chi connectivity index (χ4n) is 3.26. The van der Waals surface area contributed by atoms with Crippen molar-refractivity contribution < 1.29 is 29.4 Å². The molecule has 0 aliphatic heterocycles. The molecular formula is C20H26N6O6. The molecule has 2 amide bonds. The van der Waals surface area contributed by atoms with Gasteiger partial charge in [-0.1, -0.05) is 23.4 Å². The molecule has 0 saturated carbocycles. The van der Waals surface area contributed by atoms with E-state index in [0.717, 1.165) is 16.5 Å². The highest BCUT2D eigenvalue weighted by Gasteiger charge is 2.29. The summed E-state index contributed by atoms with van der Waals surface area (Å²) in [5.41, 5.74) is 7.68. The van der Waals surface area contributed by atoms with Crippen LogP contribution in [0.1, 0.15) is 42.7 Å². The molecule has 3 rings (SSSR count). The molecule has 3 aromatic rings.